The van der Waals surface area contributed by atoms with Gasteiger partial charge in [-0.1, -0.05) is 0 Å². The van der Waals surface area contributed by atoms with Crippen molar-refractivity contribution in [2.24, 2.45) is 0 Å². The third kappa shape index (κ3) is 2.68. The number of aromatic nitrogens is 4. The summed E-state index contributed by atoms with van der Waals surface area (Å²) in [5, 5.41) is 0. The SMILES string of the molecule is Nc1ncnc2c1ncn2CCCS(=O)(=O)[O-]. The zero-order valence-electron chi connectivity index (χ0n) is 8.78. The third-order valence-corrected chi connectivity index (χ3v) is 3.01. The van der Waals surface area contributed by atoms with Crippen LogP contribution in [0.15, 0.2) is 12.7 Å². The highest BCUT2D eigenvalue weighted by atomic mass is 32.2. The molecule has 0 aromatic carbocycles. The van der Waals surface area contributed by atoms with E-state index in [0.717, 1.165) is 0 Å². The molecule has 0 radical (unpaired) electrons. The number of nitrogen functional groups attached to an aromatic ring is 1. The summed E-state index contributed by atoms with van der Waals surface area (Å²) >= 11 is 0. The Labute approximate surface area is 97.3 Å². The van der Waals surface area contributed by atoms with Crippen LogP contribution in [0.2, 0.25) is 0 Å². The second-order valence-electron chi connectivity index (χ2n) is 3.48. The Kier molecular flexibility index (Phi) is 2.94. The molecule has 17 heavy (non-hydrogen) atoms. The van der Waals surface area contributed by atoms with Crippen molar-refractivity contribution in [1.82, 2.24) is 19.5 Å². The molecule has 0 atom stereocenters. The molecule has 0 saturated heterocycles. The minimum atomic E-state index is -4.18. The van der Waals surface area contributed by atoms with Gasteiger partial charge in [0.2, 0.25) is 0 Å². The van der Waals surface area contributed by atoms with E-state index in [-0.39, 0.29) is 12.2 Å². The minimum Gasteiger partial charge on any atom is -0.748 e. The van der Waals surface area contributed by atoms with Crippen molar-refractivity contribution in [1.29, 1.82) is 0 Å². The lowest BCUT2D eigenvalue weighted by Gasteiger charge is -2.07. The zero-order valence-corrected chi connectivity index (χ0v) is 9.59. The van der Waals surface area contributed by atoms with Gasteiger partial charge < -0.3 is 14.9 Å². The molecule has 2 aromatic rings. The number of nitrogens with zero attached hydrogens (tertiary/aromatic N) is 4. The molecule has 2 heterocycles. The van der Waals surface area contributed by atoms with Crippen LogP contribution in [0.25, 0.3) is 11.2 Å². The lowest BCUT2D eigenvalue weighted by molar-refractivity contribution is 0.459. The first-order chi connectivity index (χ1) is 7.97. The maximum absolute atomic E-state index is 10.5. The van der Waals surface area contributed by atoms with E-state index in [0.29, 0.717) is 17.7 Å². The number of rotatable bonds is 4. The second kappa shape index (κ2) is 4.26. The van der Waals surface area contributed by atoms with E-state index < -0.39 is 15.9 Å². The van der Waals surface area contributed by atoms with E-state index in [1.54, 1.807) is 4.57 Å². The standard InChI is InChI=1S/C8H11N5O3S/c9-7-6-8(11-4-10-7)13(5-12-6)2-1-3-17(14,15)16/h4-5H,1-3H2,(H2,9,10,11)(H,14,15,16)/p-1. The summed E-state index contributed by atoms with van der Waals surface area (Å²) in [6, 6.07) is 0. The van der Waals surface area contributed by atoms with Crippen molar-refractivity contribution >= 4 is 27.1 Å². The molecular formula is C8H10N5O3S-. The molecule has 0 unspecified atom stereocenters. The van der Waals surface area contributed by atoms with Gasteiger partial charge in [0, 0.05) is 12.3 Å². The first kappa shape index (κ1) is 11.7. The Balaban J connectivity index is 2.17. The maximum Gasteiger partial charge on any atom is 0.165 e. The Bertz CT molecular complexity index is 636. The van der Waals surface area contributed by atoms with Gasteiger partial charge in [0.1, 0.15) is 11.8 Å². The molecule has 8 nitrogen and oxygen atoms in total. The van der Waals surface area contributed by atoms with Crippen molar-refractivity contribution < 1.29 is 13.0 Å². The van der Waals surface area contributed by atoms with Crippen LogP contribution in [-0.4, -0.2) is 38.2 Å². The second-order valence-corrected chi connectivity index (χ2v) is 5.01. The van der Waals surface area contributed by atoms with Crippen molar-refractivity contribution in [3.63, 3.8) is 0 Å². The van der Waals surface area contributed by atoms with E-state index in [9.17, 15) is 13.0 Å². The van der Waals surface area contributed by atoms with Crippen LogP contribution < -0.4 is 5.73 Å². The van der Waals surface area contributed by atoms with Gasteiger partial charge in [0.25, 0.3) is 0 Å². The molecule has 0 bridgehead atoms. The topological polar surface area (TPSA) is 127 Å². The van der Waals surface area contributed by atoms with E-state index in [1.165, 1.54) is 12.7 Å². The van der Waals surface area contributed by atoms with Gasteiger partial charge in [-0.3, -0.25) is 0 Å². The summed E-state index contributed by atoms with van der Waals surface area (Å²) in [6.07, 6.45) is 3.01. The lowest BCUT2D eigenvalue weighted by atomic mass is 10.4. The smallest absolute Gasteiger partial charge is 0.165 e. The Morgan fingerprint density at radius 3 is 2.82 bits per heavy atom. The molecule has 0 fully saturated rings. The van der Waals surface area contributed by atoms with Crippen LogP contribution >= 0.6 is 0 Å². The number of anilines is 1. The van der Waals surface area contributed by atoms with Gasteiger partial charge in [0.05, 0.1) is 16.4 Å². The van der Waals surface area contributed by atoms with Crippen molar-refractivity contribution in [2.45, 2.75) is 13.0 Å². The van der Waals surface area contributed by atoms with Gasteiger partial charge in [-0.25, -0.2) is 23.4 Å². The fourth-order valence-electron chi connectivity index (χ4n) is 1.47. The molecule has 0 saturated carbocycles. The molecule has 0 aliphatic carbocycles. The fraction of sp³-hybridized carbons (Fsp3) is 0.375. The monoisotopic (exact) mass is 256 g/mol. The van der Waals surface area contributed by atoms with Crippen LogP contribution in [0.1, 0.15) is 6.42 Å². The van der Waals surface area contributed by atoms with Gasteiger partial charge >= 0.3 is 0 Å². The summed E-state index contributed by atoms with van der Waals surface area (Å²) in [4.78, 5) is 11.8. The van der Waals surface area contributed by atoms with Crippen molar-refractivity contribution in [3.05, 3.63) is 12.7 Å². The molecule has 92 valence electrons. The number of imidazole rings is 1. The van der Waals surface area contributed by atoms with E-state index >= 15 is 0 Å². The molecule has 2 rings (SSSR count). The van der Waals surface area contributed by atoms with Crippen LogP contribution in [0.3, 0.4) is 0 Å². The van der Waals surface area contributed by atoms with Crippen LogP contribution in [0, 0.1) is 0 Å². The average Bonchev–Trinajstić information content (AvgIpc) is 2.61. The molecule has 0 spiro atoms. The maximum atomic E-state index is 10.5. The summed E-state index contributed by atoms with van der Waals surface area (Å²) < 4.78 is 33.0. The molecule has 2 aromatic heterocycles. The fourth-order valence-corrected chi connectivity index (χ4v) is 1.96. The van der Waals surface area contributed by atoms with Crippen LogP contribution in [-0.2, 0) is 16.7 Å². The van der Waals surface area contributed by atoms with Crippen molar-refractivity contribution in [3.8, 4) is 0 Å². The summed E-state index contributed by atoms with van der Waals surface area (Å²) in [5.41, 5.74) is 6.59. The average molecular weight is 256 g/mol. The minimum absolute atomic E-state index is 0.210. The predicted molar refractivity (Wildman–Crippen MR) is 58.9 cm³/mol. The molecule has 0 amide bonds. The Hall–Kier alpha value is -1.74. The predicted octanol–water partition coefficient (Wildman–Crippen LogP) is -0.656. The molecule has 9 heteroatoms. The first-order valence-electron chi connectivity index (χ1n) is 4.82. The van der Waals surface area contributed by atoms with E-state index in [4.69, 9.17) is 5.73 Å². The quantitative estimate of drug-likeness (QED) is 0.719. The van der Waals surface area contributed by atoms with Gasteiger partial charge in [-0.2, -0.15) is 0 Å². The summed E-state index contributed by atoms with van der Waals surface area (Å²) in [7, 11) is -4.18. The van der Waals surface area contributed by atoms with Gasteiger partial charge in [-0.05, 0) is 6.42 Å². The Morgan fingerprint density at radius 1 is 1.35 bits per heavy atom. The molecule has 2 N–H and O–H groups in total. The third-order valence-electron chi connectivity index (χ3n) is 2.22. The molecular weight excluding hydrogens is 246 g/mol. The van der Waals surface area contributed by atoms with E-state index in [1.807, 2.05) is 0 Å². The normalized spacial score (nSPS) is 12.1. The highest BCUT2D eigenvalue weighted by molar-refractivity contribution is 7.85. The van der Waals surface area contributed by atoms with Crippen molar-refractivity contribution in [2.75, 3.05) is 11.5 Å². The number of hydrogen-bond donors (Lipinski definition) is 1. The molecule has 0 aliphatic heterocycles. The summed E-state index contributed by atoms with van der Waals surface area (Å²) in [5.74, 6) is -0.141. The zero-order chi connectivity index (χ0) is 12.5. The largest absolute Gasteiger partial charge is 0.748 e. The highest BCUT2D eigenvalue weighted by Gasteiger charge is 2.07. The van der Waals surface area contributed by atoms with E-state index in [2.05, 4.69) is 15.0 Å². The van der Waals surface area contributed by atoms with Crippen LogP contribution in [0.5, 0.6) is 0 Å². The lowest BCUT2D eigenvalue weighted by Crippen LogP contribution is -2.08. The van der Waals surface area contributed by atoms with Crippen LogP contribution in [0.4, 0.5) is 5.82 Å². The number of fused-ring (bicyclic) bond motifs is 1. The first-order valence-corrected chi connectivity index (χ1v) is 6.40. The molecule has 0 aliphatic rings. The van der Waals surface area contributed by atoms with Gasteiger partial charge in [-0.15, -0.1) is 0 Å². The van der Waals surface area contributed by atoms with Gasteiger partial charge in [0.15, 0.2) is 11.5 Å². The number of aryl methyl sites for hydroxylation is 1. The highest BCUT2D eigenvalue weighted by Crippen LogP contribution is 2.14. The number of nitrogens with two attached hydrogens (primary N) is 1. The number of hydrogen-bond acceptors (Lipinski definition) is 7. The summed E-state index contributed by atoms with van der Waals surface area (Å²) in [6.45, 7) is 0.342. The Morgan fingerprint density at radius 2 is 2.12 bits per heavy atom.